The third-order valence-electron chi connectivity index (χ3n) is 3.32. The molecule has 4 nitrogen and oxygen atoms in total. The number of aryl methyl sites for hydroxylation is 1. The van der Waals surface area contributed by atoms with Crippen LogP contribution in [0.1, 0.15) is 12.5 Å². The Morgan fingerprint density at radius 3 is 2.60 bits per heavy atom. The fourth-order valence-corrected chi connectivity index (χ4v) is 3.04. The molecular weight excluding hydrogens is 379 g/mol. The minimum Gasteiger partial charge on any atom is -0.325 e. The quantitative estimate of drug-likeness (QED) is 0.721. The van der Waals surface area contributed by atoms with Crippen LogP contribution in [-0.2, 0) is 9.59 Å². The van der Waals surface area contributed by atoms with Crippen LogP contribution in [0.5, 0.6) is 0 Å². The molecule has 0 aliphatic rings. The van der Waals surface area contributed by atoms with E-state index in [-0.39, 0.29) is 17.6 Å². The molecule has 0 fully saturated rings. The van der Waals surface area contributed by atoms with Gasteiger partial charge in [0.15, 0.2) is 0 Å². The second-order valence-electron chi connectivity index (χ2n) is 5.48. The van der Waals surface area contributed by atoms with Gasteiger partial charge in [0.25, 0.3) is 0 Å². The fraction of sp³-hybridized carbons (Fsp3) is 0.222. The van der Waals surface area contributed by atoms with Crippen molar-refractivity contribution in [3.05, 3.63) is 58.1 Å². The number of nitrogens with one attached hydrogen (secondary N) is 2. The maximum absolute atomic E-state index is 12.2. The lowest BCUT2D eigenvalue weighted by molar-refractivity contribution is -0.115. The summed E-state index contributed by atoms with van der Waals surface area (Å²) in [5.74, 6) is -0.222. The lowest BCUT2D eigenvalue weighted by Gasteiger charge is -2.13. The highest BCUT2D eigenvalue weighted by molar-refractivity contribution is 8.01. The van der Waals surface area contributed by atoms with Crippen molar-refractivity contribution in [2.75, 3.05) is 16.4 Å². The van der Waals surface area contributed by atoms with Gasteiger partial charge in [-0.05, 0) is 49.7 Å². The first kappa shape index (κ1) is 19.6. The molecule has 25 heavy (non-hydrogen) atoms. The summed E-state index contributed by atoms with van der Waals surface area (Å²) in [5.41, 5.74) is 2.26. The molecule has 2 N–H and O–H groups in total. The topological polar surface area (TPSA) is 58.2 Å². The number of carbonyl (C=O) groups excluding carboxylic acids is 2. The Kier molecular flexibility index (Phi) is 7.17. The number of amides is 2. The second kappa shape index (κ2) is 9.13. The molecule has 0 unspecified atom stereocenters. The van der Waals surface area contributed by atoms with E-state index in [1.54, 1.807) is 25.1 Å². The van der Waals surface area contributed by atoms with Crippen LogP contribution in [0.15, 0.2) is 42.5 Å². The molecule has 0 heterocycles. The van der Waals surface area contributed by atoms with Crippen LogP contribution < -0.4 is 10.6 Å². The van der Waals surface area contributed by atoms with Gasteiger partial charge in [-0.25, -0.2) is 0 Å². The van der Waals surface area contributed by atoms with Gasteiger partial charge in [-0.2, -0.15) is 0 Å². The number of rotatable bonds is 6. The zero-order chi connectivity index (χ0) is 18.4. The Hall–Kier alpha value is -1.69. The first-order chi connectivity index (χ1) is 11.8. The standard InChI is InChI=1S/C18H18Cl2N2O2S/c1-11-4-3-5-14(8-11)21-17(23)10-25-12(2)18(24)22-16-9-13(19)6-7-15(16)20/h3-9,12H,10H2,1-2H3,(H,21,23)(H,22,24)/t12-/m0/s1. The van der Waals surface area contributed by atoms with Gasteiger partial charge in [0.05, 0.1) is 21.7 Å². The number of anilines is 2. The molecule has 0 saturated carbocycles. The summed E-state index contributed by atoms with van der Waals surface area (Å²) in [6.07, 6.45) is 0. The Labute approximate surface area is 161 Å². The largest absolute Gasteiger partial charge is 0.325 e. The lowest BCUT2D eigenvalue weighted by atomic mass is 10.2. The van der Waals surface area contributed by atoms with Crippen molar-refractivity contribution in [2.24, 2.45) is 0 Å². The Bertz CT molecular complexity index is 783. The van der Waals surface area contributed by atoms with Gasteiger partial charge < -0.3 is 10.6 Å². The molecule has 0 saturated heterocycles. The van der Waals surface area contributed by atoms with Gasteiger partial charge in [0, 0.05) is 10.7 Å². The van der Waals surface area contributed by atoms with Crippen LogP contribution in [0.4, 0.5) is 11.4 Å². The van der Waals surface area contributed by atoms with E-state index in [9.17, 15) is 9.59 Å². The average molecular weight is 397 g/mol. The summed E-state index contributed by atoms with van der Waals surface area (Å²) in [5, 5.41) is 6.01. The molecule has 2 amide bonds. The van der Waals surface area contributed by atoms with E-state index in [4.69, 9.17) is 23.2 Å². The summed E-state index contributed by atoms with van der Waals surface area (Å²) in [4.78, 5) is 24.2. The molecule has 0 radical (unpaired) electrons. The monoisotopic (exact) mass is 396 g/mol. The molecule has 0 aromatic heterocycles. The first-order valence-corrected chi connectivity index (χ1v) is 9.39. The van der Waals surface area contributed by atoms with Crippen molar-refractivity contribution < 1.29 is 9.59 Å². The van der Waals surface area contributed by atoms with Crippen LogP contribution in [0.2, 0.25) is 10.0 Å². The van der Waals surface area contributed by atoms with E-state index >= 15 is 0 Å². The van der Waals surface area contributed by atoms with Gasteiger partial charge in [-0.3, -0.25) is 9.59 Å². The summed E-state index contributed by atoms with van der Waals surface area (Å²) in [6, 6.07) is 12.4. The molecule has 0 aliphatic heterocycles. The molecule has 0 spiro atoms. The van der Waals surface area contributed by atoms with Crippen molar-refractivity contribution in [1.82, 2.24) is 0 Å². The molecule has 1 atom stereocenters. The number of carbonyl (C=O) groups is 2. The fourth-order valence-electron chi connectivity index (χ4n) is 2.02. The summed E-state index contributed by atoms with van der Waals surface area (Å²) >= 11 is 13.2. The highest BCUT2D eigenvalue weighted by Gasteiger charge is 2.16. The average Bonchev–Trinajstić information content (AvgIpc) is 2.56. The molecule has 132 valence electrons. The van der Waals surface area contributed by atoms with E-state index in [2.05, 4.69) is 10.6 Å². The van der Waals surface area contributed by atoms with Gasteiger partial charge in [-0.1, -0.05) is 35.3 Å². The van der Waals surface area contributed by atoms with Crippen LogP contribution in [0, 0.1) is 6.92 Å². The van der Waals surface area contributed by atoms with Crippen LogP contribution in [0.25, 0.3) is 0 Å². The van der Waals surface area contributed by atoms with E-state index in [0.717, 1.165) is 11.3 Å². The number of hydrogen-bond donors (Lipinski definition) is 2. The molecule has 2 rings (SSSR count). The Balaban J connectivity index is 1.84. The van der Waals surface area contributed by atoms with Crippen LogP contribution in [-0.4, -0.2) is 22.8 Å². The predicted molar refractivity (Wildman–Crippen MR) is 107 cm³/mol. The van der Waals surface area contributed by atoms with E-state index in [1.807, 2.05) is 31.2 Å². The highest BCUT2D eigenvalue weighted by atomic mass is 35.5. The summed E-state index contributed by atoms with van der Waals surface area (Å²) < 4.78 is 0. The molecular formula is C18H18Cl2N2O2S. The smallest absolute Gasteiger partial charge is 0.237 e. The van der Waals surface area contributed by atoms with Crippen molar-refractivity contribution in [1.29, 1.82) is 0 Å². The van der Waals surface area contributed by atoms with Gasteiger partial charge in [0.1, 0.15) is 0 Å². The second-order valence-corrected chi connectivity index (χ2v) is 7.66. The van der Waals surface area contributed by atoms with Crippen molar-refractivity contribution in [3.8, 4) is 0 Å². The number of benzene rings is 2. The molecule has 2 aromatic carbocycles. The van der Waals surface area contributed by atoms with Crippen molar-refractivity contribution >= 4 is 58.2 Å². The maximum atomic E-state index is 12.2. The number of halogens is 2. The highest BCUT2D eigenvalue weighted by Crippen LogP contribution is 2.26. The number of hydrogen-bond acceptors (Lipinski definition) is 3. The third-order valence-corrected chi connectivity index (χ3v) is 5.03. The zero-order valence-electron chi connectivity index (χ0n) is 13.8. The normalized spacial score (nSPS) is 11.7. The predicted octanol–water partition coefficient (Wildman–Crippen LogP) is 5.00. The van der Waals surface area contributed by atoms with Gasteiger partial charge in [-0.15, -0.1) is 11.8 Å². The summed E-state index contributed by atoms with van der Waals surface area (Å²) in [6.45, 7) is 3.69. The third kappa shape index (κ3) is 6.27. The first-order valence-electron chi connectivity index (χ1n) is 7.59. The molecule has 0 aliphatic carbocycles. The van der Waals surface area contributed by atoms with E-state index in [0.29, 0.717) is 15.7 Å². The van der Waals surface area contributed by atoms with Gasteiger partial charge >= 0.3 is 0 Å². The number of thioether (sulfide) groups is 1. The van der Waals surface area contributed by atoms with Crippen LogP contribution in [0.3, 0.4) is 0 Å². The SMILES string of the molecule is Cc1cccc(NC(=O)CS[C@@H](C)C(=O)Nc2cc(Cl)ccc2Cl)c1. The summed E-state index contributed by atoms with van der Waals surface area (Å²) in [7, 11) is 0. The zero-order valence-corrected chi connectivity index (χ0v) is 16.1. The van der Waals surface area contributed by atoms with Gasteiger partial charge in [0.2, 0.25) is 11.8 Å². The maximum Gasteiger partial charge on any atom is 0.237 e. The van der Waals surface area contributed by atoms with E-state index in [1.165, 1.54) is 11.8 Å². The molecule has 2 aromatic rings. The minimum atomic E-state index is -0.418. The lowest BCUT2D eigenvalue weighted by Crippen LogP contribution is -2.25. The van der Waals surface area contributed by atoms with Crippen LogP contribution >= 0.6 is 35.0 Å². The Morgan fingerprint density at radius 2 is 1.88 bits per heavy atom. The Morgan fingerprint density at radius 1 is 1.12 bits per heavy atom. The molecule has 7 heteroatoms. The molecule has 0 bridgehead atoms. The minimum absolute atomic E-state index is 0.156. The van der Waals surface area contributed by atoms with Crippen molar-refractivity contribution in [2.45, 2.75) is 19.1 Å². The van der Waals surface area contributed by atoms with Crippen molar-refractivity contribution in [3.63, 3.8) is 0 Å². The van der Waals surface area contributed by atoms with E-state index < -0.39 is 5.25 Å².